The summed E-state index contributed by atoms with van der Waals surface area (Å²) in [5.41, 5.74) is 8.67. The van der Waals surface area contributed by atoms with Crippen LogP contribution in [0.3, 0.4) is 0 Å². The molecule has 5 rings (SSSR count). The monoisotopic (exact) mass is 538 g/mol. The highest BCUT2D eigenvalue weighted by Crippen LogP contribution is 2.43. The molecular formula is C28H31ClN4O5. The Morgan fingerprint density at radius 2 is 1.82 bits per heavy atom. The highest BCUT2D eigenvalue weighted by Gasteiger charge is 2.46. The zero-order valence-corrected chi connectivity index (χ0v) is 22.5. The van der Waals surface area contributed by atoms with E-state index < -0.39 is 12.0 Å². The Bertz CT molecular complexity index is 1360. The van der Waals surface area contributed by atoms with Gasteiger partial charge in [-0.2, -0.15) is 5.10 Å². The first-order chi connectivity index (χ1) is 18.2. The van der Waals surface area contributed by atoms with Crippen molar-refractivity contribution in [2.75, 3.05) is 12.0 Å². The zero-order valence-electron chi connectivity index (χ0n) is 21.8. The summed E-state index contributed by atoms with van der Waals surface area (Å²) in [5.74, 6) is 0.603. The predicted octanol–water partition coefficient (Wildman–Crippen LogP) is 4.38. The van der Waals surface area contributed by atoms with Gasteiger partial charge < -0.3 is 24.8 Å². The van der Waals surface area contributed by atoms with Crippen LogP contribution in [0.4, 0.5) is 5.69 Å². The fourth-order valence-corrected chi connectivity index (χ4v) is 4.66. The Labute approximate surface area is 226 Å². The molecule has 4 atom stereocenters. The second-order valence-electron chi connectivity index (χ2n) is 10.1. The third-order valence-corrected chi connectivity index (χ3v) is 7.32. The molecule has 1 aliphatic heterocycles. The maximum Gasteiger partial charge on any atom is 0.323 e. The minimum Gasteiger partial charge on any atom is -0.493 e. The minimum absolute atomic E-state index is 0.0107. The number of aromatic nitrogens is 2. The number of hydrogen-bond donors (Lipinski definition) is 1. The van der Waals surface area contributed by atoms with Crippen molar-refractivity contribution >= 4 is 29.2 Å². The van der Waals surface area contributed by atoms with Gasteiger partial charge in [-0.3, -0.25) is 9.59 Å². The van der Waals surface area contributed by atoms with Gasteiger partial charge in [0.2, 0.25) is 0 Å². The molecule has 0 radical (unpaired) electrons. The highest BCUT2D eigenvalue weighted by atomic mass is 35.5. The van der Waals surface area contributed by atoms with E-state index in [2.05, 4.69) is 5.10 Å². The number of esters is 1. The SMILES string of the molecule is COc1cc(N2Cc3cn(-c4ccc(Cl)cc4)nc3C2=O)ccc1OC1CC1[C@@H](C)OC(=O)C(N)C(C)C. The number of nitrogens with zero attached hydrogens (tertiary/aromatic N) is 3. The Balaban J connectivity index is 1.23. The van der Waals surface area contributed by atoms with E-state index in [-0.39, 0.29) is 30.0 Å². The van der Waals surface area contributed by atoms with Crippen LogP contribution in [0.25, 0.3) is 5.69 Å². The topological polar surface area (TPSA) is 109 Å². The van der Waals surface area contributed by atoms with Gasteiger partial charge in [0.05, 0.1) is 19.3 Å². The largest absolute Gasteiger partial charge is 0.493 e. The molecule has 1 amide bonds. The van der Waals surface area contributed by atoms with E-state index in [0.29, 0.717) is 34.4 Å². The Kier molecular flexibility index (Phi) is 7.07. The summed E-state index contributed by atoms with van der Waals surface area (Å²) in [7, 11) is 1.56. The Hall–Kier alpha value is -3.56. The number of fused-ring (bicyclic) bond motifs is 1. The van der Waals surface area contributed by atoms with Gasteiger partial charge in [0.1, 0.15) is 18.2 Å². The number of amides is 1. The molecule has 0 bridgehead atoms. The van der Waals surface area contributed by atoms with Crippen LogP contribution in [0.15, 0.2) is 48.7 Å². The standard InChI is InChI=1S/C28H31ClN4O5/c1-15(2)25(30)28(35)37-16(3)21-12-23(21)38-22-10-9-20(11-24(22)36-4)32-13-17-14-33(31-26(17)27(32)34)19-7-5-18(29)6-8-19/h5-11,14-16,21,23,25H,12-13,30H2,1-4H3/t16-,21?,23?,25?/m1/s1. The maximum absolute atomic E-state index is 13.2. The van der Waals surface area contributed by atoms with Gasteiger partial charge in [0, 0.05) is 34.5 Å². The summed E-state index contributed by atoms with van der Waals surface area (Å²) >= 11 is 5.98. The number of carbonyl (C=O) groups is 2. The maximum atomic E-state index is 13.2. The van der Waals surface area contributed by atoms with Crippen molar-refractivity contribution in [1.29, 1.82) is 0 Å². The number of methoxy groups -OCH3 is 1. The smallest absolute Gasteiger partial charge is 0.323 e. The quantitative estimate of drug-likeness (QED) is 0.403. The third-order valence-electron chi connectivity index (χ3n) is 7.07. The van der Waals surface area contributed by atoms with Crippen LogP contribution < -0.4 is 20.1 Å². The molecule has 10 heteroatoms. The van der Waals surface area contributed by atoms with Crippen LogP contribution in [-0.4, -0.2) is 47.0 Å². The van der Waals surface area contributed by atoms with Gasteiger partial charge in [-0.05, 0) is 55.7 Å². The number of benzene rings is 2. The molecule has 200 valence electrons. The molecule has 1 fully saturated rings. The van der Waals surface area contributed by atoms with E-state index in [9.17, 15) is 9.59 Å². The molecule has 1 aliphatic carbocycles. The van der Waals surface area contributed by atoms with E-state index in [4.69, 9.17) is 31.5 Å². The fraction of sp³-hybridized carbons (Fsp3) is 0.393. The second-order valence-corrected chi connectivity index (χ2v) is 10.6. The third kappa shape index (κ3) is 5.08. The van der Waals surface area contributed by atoms with Crippen molar-refractivity contribution in [3.63, 3.8) is 0 Å². The van der Waals surface area contributed by atoms with Gasteiger partial charge in [-0.25, -0.2) is 4.68 Å². The number of carbonyl (C=O) groups excluding carboxylic acids is 2. The van der Waals surface area contributed by atoms with Crippen molar-refractivity contribution in [1.82, 2.24) is 9.78 Å². The first kappa shape index (κ1) is 26.1. The number of ether oxygens (including phenoxy) is 3. The average Bonchev–Trinajstić information content (AvgIpc) is 3.44. The number of rotatable bonds is 9. The summed E-state index contributed by atoms with van der Waals surface area (Å²) in [6.07, 6.45) is 2.23. The van der Waals surface area contributed by atoms with Gasteiger partial charge in [0.15, 0.2) is 17.2 Å². The highest BCUT2D eigenvalue weighted by molar-refractivity contribution is 6.30. The molecule has 1 aromatic heterocycles. The summed E-state index contributed by atoms with van der Waals surface area (Å²) < 4.78 is 19.0. The second kappa shape index (κ2) is 10.3. The molecule has 3 aromatic rings. The number of halogens is 1. The molecular weight excluding hydrogens is 508 g/mol. The number of nitrogens with two attached hydrogens (primary N) is 1. The van der Waals surface area contributed by atoms with Gasteiger partial charge in [0.25, 0.3) is 5.91 Å². The Morgan fingerprint density at radius 3 is 2.47 bits per heavy atom. The molecule has 2 aromatic carbocycles. The molecule has 2 heterocycles. The lowest BCUT2D eigenvalue weighted by molar-refractivity contribution is -0.152. The lowest BCUT2D eigenvalue weighted by atomic mass is 10.1. The normalized spacial score (nSPS) is 19.8. The molecule has 2 N–H and O–H groups in total. The molecule has 9 nitrogen and oxygen atoms in total. The van der Waals surface area contributed by atoms with Gasteiger partial charge >= 0.3 is 5.97 Å². The van der Waals surface area contributed by atoms with Crippen molar-refractivity contribution in [3.8, 4) is 17.2 Å². The van der Waals surface area contributed by atoms with Crippen LogP contribution in [0.5, 0.6) is 11.5 Å². The van der Waals surface area contributed by atoms with Crippen LogP contribution in [0.2, 0.25) is 5.02 Å². The lowest BCUT2D eigenvalue weighted by Crippen LogP contribution is -2.39. The summed E-state index contributed by atoms with van der Waals surface area (Å²) in [6, 6.07) is 12.1. The minimum atomic E-state index is -0.640. The average molecular weight is 539 g/mol. The van der Waals surface area contributed by atoms with Crippen LogP contribution in [0.1, 0.15) is 43.2 Å². The molecule has 1 saturated carbocycles. The number of anilines is 1. The molecule has 3 unspecified atom stereocenters. The molecule has 0 saturated heterocycles. The van der Waals surface area contributed by atoms with Crippen molar-refractivity contribution < 1.29 is 23.8 Å². The predicted molar refractivity (Wildman–Crippen MR) is 143 cm³/mol. The van der Waals surface area contributed by atoms with Gasteiger partial charge in [-0.1, -0.05) is 25.4 Å². The zero-order chi connectivity index (χ0) is 27.1. The molecule has 2 aliphatic rings. The first-order valence-electron chi connectivity index (χ1n) is 12.6. The molecule has 38 heavy (non-hydrogen) atoms. The van der Waals surface area contributed by atoms with E-state index in [0.717, 1.165) is 17.7 Å². The van der Waals surface area contributed by atoms with Crippen LogP contribution in [0, 0.1) is 11.8 Å². The van der Waals surface area contributed by atoms with Crippen LogP contribution in [-0.2, 0) is 16.1 Å². The van der Waals surface area contributed by atoms with Crippen molar-refractivity contribution in [3.05, 3.63) is 64.9 Å². The first-order valence-corrected chi connectivity index (χ1v) is 13.0. The van der Waals surface area contributed by atoms with Gasteiger partial charge in [-0.15, -0.1) is 0 Å². The Morgan fingerprint density at radius 1 is 1.11 bits per heavy atom. The van der Waals surface area contributed by atoms with E-state index in [1.54, 1.807) is 41.0 Å². The summed E-state index contributed by atoms with van der Waals surface area (Å²) in [6.45, 7) is 6.04. The lowest BCUT2D eigenvalue weighted by Gasteiger charge is -2.20. The van der Waals surface area contributed by atoms with Crippen molar-refractivity contribution in [2.24, 2.45) is 17.6 Å². The molecule has 0 spiro atoms. The summed E-state index contributed by atoms with van der Waals surface area (Å²) in [4.78, 5) is 27.0. The fourth-order valence-electron chi connectivity index (χ4n) is 4.54. The van der Waals surface area contributed by atoms with E-state index in [1.807, 2.05) is 45.2 Å². The summed E-state index contributed by atoms with van der Waals surface area (Å²) in [5, 5.41) is 5.14. The van der Waals surface area contributed by atoms with Crippen LogP contribution >= 0.6 is 11.6 Å². The van der Waals surface area contributed by atoms with E-state index >= 15 is 0 Å². The van der Waals surface area contributed by atoms with Crippen molar-refractivity contribution in [2.45, 2.75) is 52.0 Å². The van der Waals surface area contributed by atoms with E-state index in [1.165, 1.54) is 0 Å². The number of hydrogen-bond acceptors (Lipinski definition) is 7.